The van der Waals surface area contributed by atoms with Crippen LogP contribution in [0, 0.1) is 5.41 Å². The number of unbranched alkanes of at least 4 members (excludes halogenated alkanes) is 1. The molecule has 0 aliphatic carbocycles. The Morgan fingerprint density at radius 1 is 1.12 bits per heavy atom. The van der Waals surface area contributed by atoms with Crippen molar-refractivity contribution in [2.75, 3.05) is 38.0 Å². The number of sulfonamides is 1. The number of nitrogens with zero attached hydrogens (tertiary/aromatic N) is 1. The molecular formula is C30H39ClN2O9S. The van der Waals surface area contributed by atoms with Crippen LogP contribution in [0.15, 0.2) is 36.4 Å². The fraction of sp³-hybridized carbons (Fsp3) is 0.500. The Morgan fingerprint density at radius 2 is 1.84 bits per heavy atom. The predicted octanol–water partition coefficient (Wildman–Crippen LogP) is 4.40. The molecule has 0 saturated heterocycles. The lowest BCUT2D eigenvalue weighted by atomic mass is 9.92. The minimum Gasteiger partial charge on any atom is -0.493 e. The van der Waals surface area contributed by atoms with Crippen LogP contribution in [0.4, 0.5) is 5.69 Å². The first-order valence-corrected chi connectivity index (χ1v) is 15.9. The third kappa shape index (κ3) is 8.84. The van der Waals surface area contributed by atoms with Crippen molar-refractivity contribution in [3.8, 4) is 11.5 Å². The van der Waals surface area contributed by atoms with Gasteiger partial charge in [0.1, 0.15) is 12.2 Å². The second-order valence-corrected chi connectivity index (χ2v) is 13.3. The second-order valence-electron chi connectivity index (χ2n) is 11.1. The monoisotopic (exact) mass is 638 g/mol. The summed E-state index contributed by atoms with van der Waals surface area (Å²) in [5.74, 6) is -1.38. The predicted molar refractivity (Wildman–Crippen MR) is 162 cm³/mol. The van der Waals surface area contributed by atoms with Gasteiger partial charge in [-0.2, -0.15) is 0 Å². The second kappa shape index (κ2) is 14.4. The van der Waals surface area contributed by atoms with E-state index < -0.39 is 51.9 Å². The zero-order valence-electron chi connectivity index (χ0n) is 25.3. The molecule has 0 fully saturated rings. The van der Waals surface area contributed by atoms with Crippen molar-refractivity contribution in [2.45, 2.75) is 59.2 Å². The van der Waals surface area contributed by atoms with E-state index in [0.29, 0.717) is 46.2 Å². The van der Waals surface area contributed by atoms with E-state index in [1.165, 1.54) is 26.0 Å². The molecule has 1 aliphatic heterocycles. The molecule has 11 nitrogen and oxygen atoms in total. The molecule has 1 heterocycles. The van der Waals surface area contributed by atoms with E-state index in [0.717, 1.165) is 0 Å². The Labute approximate surface area is 257 Å². The molecule has 13 heteroatoms. The fourth-order valence-electron chi connectivity index (χ4n) is 4.77. The van der Waals surface area contributed by atoms with E-state index in [2.05, 4.69) is 4.72 Å². The normalized spacial score (nSPS) is 17.1. The number of amides is 2. The SMILES string of the molecule is CCCCS(=O)(=O)NC(=O)CC1OC(c2cccc(OC)c2OC)c2cc(Cl)ccc2N(CC(C)(C)COC(C)=O)C1=O. The third-order valence-corrected chi connectivity index (χ3v) is 8.38. The van der Waals surface area contributed by atoms with Gasteiger partial charge in [0.05, 0.1) is 33.0 Å². The van der Waals surface area contributed by atoms with Gasteiger partial charge in [0, 0.05) is 40.7 Å². The maximum absolute atomic E-state index is 14.2. The Balaban J connectivity index is 2.15. The molecule has 0 spiro atoms. The number of para-hydroxylation sites is 1. The minimum atomic E-state index is -3.91. The van der Waals surface area contributed by atoms with Crippen molar-refractivity contribution in [1.82, 2.24) is 4.72 Å². The van der Waals surface area contributed by atoms with Crippen LogP contribution in [0.5, 0.6) is 11.5 Å². The molecule has 0 aromatic heterocycles. The van der Waals surface area contributed by atoms with Gasteiger partial charge in [-0.15, -0.1) is 0 Å². The maximum Gasteiger partial charge on any atom is 0.302 e. The number of hydrogen-bond acceptors (Lipinski definition) is 9. The van der Waals surface area contributed by atoms with E-state index in [-0.39, 0.29) is 18.9 Å². The number of methoxy groups -OCH3 is 2. The molecule has 2 atom stereocenters. The van der Waals surface area contributed by atoms with Crippen molar-refractivity contribution >= 4 is 45.1 Å². The van der Waals surface area contributed by atoms with Crippen LogP contribution in [0.1, 0.15) is 64.2 Å². The molecule has 0 bridgehead atoms. The summed E-state index contributed by atoms with van der Waals surface area (Å²) in [5, 5.41) is 0.374. The highest BCUT2D eigenvalue weighted by Gasteiger charge is 2.41. The summed E-state index contributed by atoms with van der Waals surface area (Å²) in [6.07, 6.45) is -1.95. The number of fused-ring (bicyclic) bond motifs is 1. The highest BCUT2D eigenvalue weighted by atomic mass is 35.5. The number of anilines is 1. The number of halogens is 1. The molecule has 2 amide bonds. The lowest BCUT2D eigenvalue weighted by Crippen LogP contribution is -2.47. The largest absolute Gasteiger partial charge is 0.493 e. The van der Waals surface area contributed by atoms with Crippen LogP contribution in [0.3, 0.4) is 0 Å². The van der Waals surface area contributed by atoms with Crippen LogP contribution >= 0.6 is 11.6 Å². The van der Waals surface area contributed by atoms with Gasteiger partial charge >= 0.3 is 5.97 Å². The molecule has 236 valence electrons. The Kier molecular flexibility index (Phi) is 11.4. The van der Waals surface area contributed by atoms with Crippen molar-refractivity contribution < 1.29 is 41.7 Å². The topological polar surface area (TPSA) is 138 Å². The van der Waals surface area contributed by atoms with Gasteiger partial charge < -0.3 is 23.8 Å². The zero-order valence-corrected chi connectivity index (χ0v) is 26.8. The van der Waals surface area contributed by atoms with Gasteiger partial charge in [-0.25, -0.2) is 8.42 Å². The summed E-state index contributed by atoms with van der Waals surface area (Å²) in [4.78, 5) is 40.3. The minimum absolute atomic E-state index is 0.0177. The summed E-state index contributed by atoms with van der Waals surface area (Å²) in [6, 6.07) is 10.2. The third-order valence-electron chi connectivity index (χ3n) is 6.78. The molecule has 43 heavy (non-hydrogen) atoms. The lowest BCUT2D eigenvalue weighted by Gasteiger charge is -2.33. The standard InChI is InChI=1S/C30H39ClN2O9S/c1-7-8-14-43(37,38)32-26(35)16-25-29(36)33(17-30(3,4)18-41-19(2)34)23-13-12-20(31)15-22(23)27(42-25)21-10-9-11-24(39-5)28(21)40-6/h9-13,15,25,27H,7-8,14,16-18H2,1-6H3,(H,32,35). The number of benzene rings is 2. The molecule has 1 N–H and O–H groups in total. The molecular weight excluding hydrogens is 600 g/mol. The quantitative estimate of drug-likeness (QED) is 0.316. The van der Waals surface area contributed by atoms with E-state index in [1.807, 2.05) is 20.8 Å². The smallest absolute Gasteiger partial charge is 0.302 e. The lowest BCUT2D eigenvalue weighted by molar-refractivity contribution is -0.144. The van der Waals surface area contributed by atoms with Crippen molar-refractivity contribution in [2.24, 2.45) is 5.41 Å². The zero-order chi connectivity index (χ0) is 31.9. The number of nitrogens with one attached hydrogen (secondary N) is 1. The molecule has 2 unspecified atom stereocenters. The fourth-order valence-corrected chi connectivity index (χ4v) is 6.15. The van der Waals surface area contributed by atoms with Gasteiger partial charge in [0.15, 0.2) is 11.5 Å². The molecule has 2 aromatic carbocycles. The summed E-state index contributed by atoms with van der Waals surface area (Å²) in [7, 11) is -0.946. The molecule has 1 aliphatic rings. The number of hydrogen-bond donors (Lipinski definition) is 1. The first-order chi connectivity index (χ1) is 20.2. The molecule has 0 saturated carbocycles. The number of ether oxygens (including phenoxy) is 4. The van der Waals surface area contributed by atoms with Gasteiger partial charge in [-0.05, 0) is 30.7 Å². The number of carbonyl (C=O) groups excluding carboxylic acids is 3. The van der Waals surface area contributed by atoms with Gasteiger partial charge in [-0.1, -0.05) is 50.9 Å². The van der Waals surface area contributed by atoms with Gasteiger partial charge in [0.2, 0.25) is 15.9 Å². The van der Waals surface area contributed by atoms with E-state index >= 15 is 0 Å². The molecule has 0 radical (unpaired) electrons. The first kappa shape index (κ1) is 34.1. The van der Waals surface area contributed by atoms with E-state index in [1.54, 1.807) is 36.4 Å². The maximum atomic E-state index is 14.2. The van der Waals surface area contributed by atoms with Crippen molar-refractivity contribution in [3.63, 3.8) is 0 Å². The molecule has 2 aromatic rings. The number of rotatable bonds is 13. The van der Waals surface area contributed by atoms with Crippen LogP contribution in [0.25, 0.3) is 0 Å². The number of carbonyl (C=O) groups is 3. The van der Waals surface area contributed by atoms with Crippen LogP contribution in [0.2, 0.25) is 5.02 Å². The average Bonchev–Trinajstić information content (AvgIpc) is 3.04. The Hall–Kier alpha value is -3.35. The first-order valence-electron chi connectivity index (χ1n) is 13.9. The molecule has 3 rings (SSSR count). The summed E-state index contributed by atoms with van der Waals surface area (Å²) in [5.41, 5.74) is 0.746. The van der Waals surface area contributed by atoms with Crippen LogP contribution in [-0.4, -0.2) is 65.4 Å². The van der Waals surface area contributed by atoms with Crippen molar-refractivity contribution in [1.29, 1.82) is 0 Å². The summed E-state index contributed by atoms with van der Waals surface area (Å²) >= 11 is 6.45. The average molecular weight is 639 g/mol. The van der Waals surface area contributed by atoms with Gasteiger partial charge in [0.25, 0.3) is 5.91 Å². The van der Waals surface area contributed by atoms with Crippen LogP contribution < -0.4 is 19.1 Å². The summed E-state index contributed by atoms with van der Waals surface area (Å²) in [6.45, 7) is 6.89. The van der Waals surface area contributed by atoms with E-state index in [9.17, 15) is 22.8 Å². The highest BCUT2D eigenvalue weighted by Crippen LogP contribution is 2.45. The van der Waals surface area contributed by atoms with Crippen molar-refractivity contribution in [3.05, 3.63) is 52.5 Å². The Morgan fingerprint density at radius 3 is 2.47 bits per heavy atom. The Bertz CT molecular complexity index is 1450. The van der Waals surface area contributed by atoms with E-state index in [4.69, 9.17) is 30.5 Å². The van der Waals surface area contributed by atoms with Crippen LogP contribution in [-0.2, 0) is 33.9 Å². The number of esters is 1. The summed E-state index contributed by atoms with van der Waals surface area (Å²) < 4.78 is 49.8. The highest BCUT2D eigenvalue weighted by molar-refractivity contribution is 7.90. The van der Waals surface area contributed by atoms with Gasteiger partial charge in [-0.3, -0.25) is 19.1 Å².